The van der Waals surface area contributed by atoms with E-state index in [1.807, 2.05) is 0 Å². The number of nitrogens with one attached hydrogen (secondary N) is 1. The van der Waals surface area contributed by atoms with Crippen molar-refractivity contribution >= 4 is 24.1 Å². The second-order valence-electron chi connectivity index (χ2n) is 6.34. The standard InChI is InChI=1S/C14H14F3N3O7/c15-14(16,17)4-18-12(24)27-3-6-1-5-2-19(13(25)26)9-7(5)20(10(9)21)8(6)11(22)23/h5,7,9H,1-4H2,(H,18,24)(H,22,23)(H,25,26)/t5-,7-,9+/m1/s1. The summed E-state index contributed by atoms with van der Waals surface area (Å²) >= 11 is 0. The minimum Gasteiger partial charge on any atom is -0.477 e. The highest BCUT2D eigenvalue weighted by Gasteiger charge is 2.64. The van der Waals surface area contributed by atoms with E-state index in [2.05, 4.69) is 4.74 Å². The Morgan fingerprint density at radius 2 is 1.93 bits per heavy atom. The topological polar surface area (TPSA) is 136 Å². The summed E-state index contributed by atoms with van der Waals surface area (Å²) in [5.74, 6) is -2.55. The Morgan fingerprint density at radius 1 is 1.26 bits per heavy atom. The van der Waals surface area contributed by atoms with Crippen LogP contribution in [0.5, 0.6) is 0 Å². The molecule has 0 aromatic rings. The number of carboxylic acids is 1. The van der Waals surface area contributed by atoms with Crippen LogP contribution in [0.1, 0.15) is 6.42 Å². The molecule has 148 valence electrons. The van der Waals surface area contributed by atoms with E-state index in [-0.39, 0.29) is 24.5 Å². The number of hydrogen-bond donors (Lipinski definition) is 3. The van der Waals surface area contributed by atoms with Gasteiger partial charge in [0, 0.05) is 12.5 Å². The molecule has 10 nitrogen and oxygen atoms in total. The number of hydrogen-bond acceptors (Lipinski definition) is 5. The van der Waals surface area contributed by atoms with Crippen molar-refractivity contribution < 1.29 is 47.3 Å². The lowest BCUT2D eigenvalue weighted by molar-refractivity contribution is -0.156. The number of ether oxygens (including phenoxy) is 1. The number of halogens is 3. The van der Waals surface area contributed by atoms with Crippen LogP contribution in [0.3, 0.4) is 0 Å². The van der Waals surface area contributed by atoms with E-state index >= 15 is 0 Å². The van der Waals surface area contributed by atoms with Crippen LogP contribution in [0.15, 0.2) is 11.3 Å². The molecule has 3 aliphatic heterocycles. The van der Waals surface area contributed by atoms with Crippen molar-refractivity contribution in [2.24, 2.45) is 5.92 Å². The summed E-state index contributed by atoms with van der Waals surface area (Å²) in [5, 5.41) is 20.1. The third-order valence-corrected chi connectivity index (χ3v) is 4.71. The quantitative estimate of drug-likeness (QED) is 0.581. The number of β-lactam (4-membered cyclic amide) rings is 1. The number of carbonyl (C=O) groups is 4. The Morgan fingerprint density at radius 3 is 2.48 bits per heavy atom. The van der Waals surface area contributed by atoms with Crippen LogP contribution >= 0.6 is 0 Å². The largest absolute Gasteiger partial charge is 0.477 e. The van der Waals surface area contributed by atoms with E-state index in [1.54, 1.807) is 0 Å². The fraction of sp³-hybridized carbons (Fsp3) is 0.571. The summed E-state index contributed by atoms with van der Waals surface area (Å²) in [5.41, 5.74) is -0.390. The lowest BCUT2D eigenvalue weighted by atomic mass is 9.79. The number of likely N-dealkylation sites (tertiary alicyclic amines) is 1. The zero-order valence-electron chi connectivity index (χ0n) is 13.5. The van der Waals surface area contributed by atoms with Crippen molar-refractivity contribution in [3.8, 4) is 0 Å². The molecule has 3 aliphatic rings. The molecule has 0 spiro atoms. The number of rotatable bonds is 4. The van der Waals surface area contributed by atoms with Gasteiger partial charge in [-0.3, -0.25) is 14.6 Å². The van der Waals surface area contributed by atoms with Crippen molar-refractivity contribution in [3.63, 3.8) is 0 Å². The van der Waals surface area contributed by atoms with Gasteiger partial charge in [-0.15, -0.1) is 0 Å². The lowest BCUT2D eigenvalue weighted by Crippen LogP contribution is -2.69. The van der Waals surface area contributed by atoms with E-state index in [1.165, 1.54) is 5.32 Å². The molecule has 0 aliphatic carbocycles. The maximum Gasteiger partial charge on any atom is 0.408 e. The van der Waals surface area contributed by atoms with Crippen LogP contribution in [0, 0.1) is 5.92 Å². The van der Waals surface area contributed by atoms with E-state index in [9.17, 15) is 42.6 Å². The van der Waals surface area contributed by atoms with Gasteiger partial charge in [0.05, 0.1) is 6.04 Å². The molecule has 0 radical (unpaired) electrons. The Balaban J connectivity index is 1.74. The molecule has 3 amide bonds. The minimum atomic E-state index is -4.63. The third-order valence-electron chi connectivity index (χ3n) is 4.71. The van der Waals surface area contributed by atoms with Crippen LogP contribution in [0.4, 0.5) is 22.8 Å². The number of amides is 3. The van der Waals surface area contributed by atoms with Crippen LogP contribution < -0.4 is 5.32 Å². The van der Waals surface area contributed by atoms with Gasteiger partial charge in [-0.25, -0.2) is 14.4 Å². The van der Waals surface area contributed by atoms with E-state index in [0.717, 1.165) is 9.80 Å². The average molecular weight is 393 g/mol. The van der Waals surface area contributed by atoms with E-state index in [4.69, 9.17) is 0 Å². The molecule has 27 heavy (non-hydrogen) atoms. The van der Waals surface area contributed by atoms with Crippen LogP contribution in [-0.4, -0.2) is 82.0 Å². The Labute approximate surface area is 149 Å². The van der Waals surface area contributed by atoms with Gasteiger partial charge >= 0.3 is 24.3 Å². The Kier molecular flexibility index (Phi) is 4.40. The molecule has 0 saturated carbocycles. The van der Waals surface area contributed by atoms with Gasteiger partial charge in [0.2, 0.25) is 0 Å². The highest BCUT2D eigenvalue weighted by atomic mass is 19.4. The third kappa shape index (κ3) is 3.24. The first kappa shape index (κ1) is 18.8. The molecule has 13 heteroatoms. The summed E-state index contributed by atoms with van der Waals surface area (Å²) in [7, 11) is 0. The van der Waals surface area contributed by atoms with Gasteiger partial charge in [-0.1, -0.05) is 0 Å². The molecule has 3 N–H and O–H groups in total. The SMILES string of the molecule is O=C(NCC(F)(F)F)OCC1=C(C(=O)O)N2C(=O)[C@@H]3[C@H]2[C@H](C1)CN3C(=O)O. The fourth-order valence-corrected chi connectivity index (χ4v) is 3.74. The second-order valence-corrected chi connectivity index (χ2v) is 6.34. The molecular weight excluding hydrogens is 379 g/mol. The number of alkyl halides is 3. The van der Waals surface area contributed by atoms with E-state index < -0.39 is 61.2 Å². The van der Waals surface area contributed by atoms with Crippen molar-refractivity contribution in [1.29, 1.82) is 0 Å². The number of alkyl carbamates (subject to hydrolysis) is 1. The normalized spacial score (nSPS) is 26.5. The van der Waals surface area contributed by atoms with Crippen LogP contribution in [-0.2, 0) is 14.3 Å². The maximum atomic E-state index is 12.3. The van der Waals surface area contributed by atoms with Gasteiger partial charge in [0.1, 0.15) is 24.9 Å². The highest BCUT2D eigenvalue weighted by molar-refractivity contribution is 6.02. The predicted octanol–water partition coefficient (Wildman–Crippen LogP) is 0.206. The molecule has 2 saturated heterocycles. The number of carbonyl (C=O) groups excluding carboxylic acids is 2. The van der Waals surface area contributed by atoms with Crippen LogP contribution in [0.25, 0.3) is 0 Å². The van der Waals surface area contributed by atoms with Gasteiger partial charge in [-0.05, 0) is 12.0 Å². The predicted molar refractivity (Wildman–Crippen MR) is 77.3 cm³/mol. The molecule has 0 aromatic carbocycles. The van der Waals surface area contributed by atoms with Gasteiger partial charge in [0.25, 0.3) is 5.91 Å². The lowest BCUT2D eigenvalue weighted by Gasteiger charge is -2.49. The molecule has 0 aromatic heterocycles. The van der Waals surface area contributed by atoms with Gasteiger partial charge in [0.15, 0.2) is 0 Å². The fourth-order valence-electron chi connectivity index (χ4n) is 3.74. The smallest absolute Gasteiger partial charge is 0.408 e. The summed E-state index contributed by atoms with van der Waals surface area (Å²) in [4.78, 5) is 48.3. The molecule has 3 heterocycles. The van der Waals surface area contributed by atoms with Crippen LogP contribution in [0.2, 0.25) is 0 Å². The van der Waals surface area contributed by atoms with Crippen molar-refractivity contribution in [3.05, 3.63) is 11.3 Å². The highest BCUT2D eigenvalue weighted by Crippen LogP contribution is 2.47. The first-order valence-corrected chi connectivity index (χ1v) is 7.76. The number of nitrogens with zero attached hydrogens (tertiary/aromatic N) is 2. The van der Waals surface area contributed by atoms with Crippen molar-refractivity contribution in [2.75, 3.05) is 19.7 Å². The zero-order chi connectivity index (χ0) is 20.1. The molecule has 3 atom stereocenters. The molecular formula is C14H14F3N3O7. The summed E-state index contributed by atoms with van der Waals surface area (Å²) < 4.78 is 40.9. The first-order valence-electron chi connectivity index (χ1n) is 7.76. The first-order chi connectivity index (χ1) is 12.5. The maximum absolute atomic E-state index is 12.3. The second kappa shape index (κ2) is 6.32. The van der Waals surface area contributed by atoms with Crippen molar-refractivity contribution in [2.45, 2.75) is 24.7 Å². The average Bonchev–Trinajstić information content (AvgIpc) is 2.92. The van der Waals surface area contributed by atoms with Gasteiger partial charge < -0.3 is 20.3 Å². The zero-order valence-corrected chi connectivity index (χ0v) is 13.5. The summed E-state index contributed by atoms with van der Waals surface area (Å²) in [6.45, 7) is -2.24. The van der Waals surface area contributed by atoms with Gasteiger partial charge in [-0.2, -0.15) is 13.2 Å². The minimum absolute atomic E-state index is 0.00355. The number of carboxylic acid groups (broad SMARTS) is 2. The summed E-state index contributed by atoms with van der Waals surface area (Å²) in [6, 6.07) is -1.55. The number of aliphatic carboxylic acids is 1. The van der Waals surface area contributed by atoms with E-state index in [0.29, 0.717) is 0 Å². The Bertz CT molecular complexity index is 751. The monoisotopic (exact) mass is 393 g/mol. The Hall–Kier alpha value is -2.99. The summed E-state index contributed by atoms with van der Waals surface area (Å²) in [6.07, 6.45) is -7.28. The molecule has 3 rings (SSSR count). The molecule has 2 fully saturated rings. The molecule has 0 unspecified atom stereocenters. The van der Waals surface area contributed by atoms with Crippen molar-refractivity contribution in [1.82, 2.24) is 15.1 Å². The molecule has 0 bridgehead atoms.